The zero-order valence-corrected chi connectivity index (χ0v) is 5.66. The fourth-order valence-electron chi connectivity index (χ4n) is 0.165. The van der Waals surface area contributed by atoms with Gasteiger partial charge in [-0.15, -0.1) is 0 Å². The first-order valence-corrected chi connectivity index (χ1v) is 3.42. The molecule has 0 aliphatic carbocycles. The van der Waals surface area contributed by atoms with Crippen LogP contribution in [0.5, 0.6) is 0 Å². The van der Waals surface area contributed by atoms with Crippen molar-refractivity contribution in [2.24, 2.45) is 5.73 Å². The van der Waals surface area contributed by atoms with Crippen molar-refractivity contribution in [1.29, 1.82) is 5.41 Å². The molecule has 5 nitrogen and oxygen atoms in total. The molecule has 0 aromatic carbocycles. The fraction of sp³-hybridized carbons (Fsp3) is 0.500. The van der Waals surface area contributed by atoms with Gasteiger partial charge in [0, 0.05) is 0 Å². The van der Waals surface area contributed by atoms with Crippen LogP contribution in [-0.2, 0) is 14.3 Å². The number of rotatable bonds is 1. The Kier molecular flexibility index (Phi) is 2.33. The van der Waals surface area contributed by atoms with Gasteiger partial charge >= 0.3 is 15.6 Å². The van der Waals surface area contributed by atoms with E-state index in [1.165, 1.54) is 0 Å². The van der Waals surface area contributed by atoms with Crippen LogP contribution in [0.4, 0.5) is 13.2 Å². The van der Waals surface area contributed by atoms with E-state index in [0.717, 1.165) is 0 Å². The van der Waals surface area contributed by atoms with E-state index in [4.69, 9.17) is 5.41 Å². The van der Waals surface area contributed by atoms with Crippen molar-refractivity contribution >= 4 is 16.1 Å². The van der Waals surface area contributed by atoms with Crippen LogP contribution in [0.1, 0.15) is 0 Å². The standard InChI is InChI=1S/C2H3F3N2O3S/c3-2(4,5)11(8,9)10-1(6)7/h(H3,6,7). The number of nitrogens with two attached hydrogens (primary N) is 1. The Labute approximate surface area is 59.6 Å². The lowest BCUT2D eigenvalue weighted by Gasteiger charge is -2.06. The smallest absolute Gasteiger partial charge is 0.353 e. The lowest BCUT2D eigenvalue weighted by Crippen LogP contribution is -2.30. The quantitative estimate of drug-likeness (QED) is 0.259. The molecule has 11 heavy (non-hydrogen) atoms. The molecule has 0 bridgehead atoms. The minimum atomic E-state index is -5.75. The Morgan fingerprint density at radius 2 is 1.82 bits per heavy atom. The topological polar surface area (TPSA) is 93.2 Å². The van der Waals surface area contributed by atoms with Crippen molar-refractivity contribution in [2.75, 3.05) is 0 Å². The lowest BCUT2D eigenvalue weighted by molar-refractivity contribution is -0.0505. The molecule has 0 amide bonds. The average molecular weight is 192 g/mol. The molecule has 66 valence electrons. The summed E-state index contributed by atoms with van der Waals surface area (Å²) in [5, 5.41) is 6.11. The van der Waals surface area contributed by atoms with E-state index in [0.29, 0.717) is 0 Å². The molecule has 0 radical (unpaired) electrons. The van der Waals surface area contributed by atoms with Gasteiger partial charge in [0.1, 0.15) is 0 Å². The molecular weight excluding hydrogens is 189 g/mol. The van der Waals surface area contributed by atoms with Gasteiger partial charge in [0.2, 0.25) is 0 Å². The zero-order chi connectivity index (χ0) is 9.28. The minimum absolute atomic E-state index is 1.53. The third-order valence-electron chi connectivity index (χ3n) is 0.483. The average Bonchev–Trinajstić information content (AvgIpc) is 1.56. The first kappa shape index (κ1) is 10.0. The summed E-state index contributed by atoms with van der Waals surface area (Å²) in [6, 6.07) is -1.53. The molecule has 0 aromatic rings. The van der Waals surface area contributed by atoms with Gasteiger partial charge in [-0.05, 0) is 0 Å². The van der Waals surface area contributed by atoms with Crippen molar-refractivity contribution in [3.05, 3.63) is 0 Å². The van der Waals surface area contributed by atoms with Gasteiger partial charge in [-0.3, -0.25) is 5.41 Å². The third-order valence-corrected chi connectivity index (χ3v) is 1.45. The zero-order valence-electron chi connectivity index (χ0n) is 4.84. The van der Waals surface area contributed by atoms with Gasteiger partial charge in [0.25, 0.3) is 6.02 Å². The van der Waals surface area contributed by atoms with Gasteiger partial charge in [-0.2, -0.15) is 21.6 Å². The first-order valence-electron chi connectivity index (χ1n) is 2.01. The predicted octanol–water partition coefficient (Wildman–Crippen LogP) is -0.254. The molecule has 0 unspecified atom stereocenters. The molecule has 0 atom stereocenters. The van der Waals surface area contributed by atoms with Crippen LogP contribution >= 0.6 is 0 Å². The molecule has 0 aromatic heterocycles. The number of halogens is 3. The van der Waals surface area contributed by atoms with Crippen LogP contribution in [0, 0.1) is 5.41 Å². The summed E-state index contributed by atoms with van der Waals surface area (Å²) in [6.07, 6.45) is 0. The SMILES string of the molecule is N=C(N)OS(=O)(=O)C(F)(F)F. The van der Waals surface area contributed by atoms with Gasteiger partial charge in [-0.1, -0.05) is 0 Å². The molecule has 0 rings (SSSR count). The highest BCUT2D eigenvalue weighted by atomic mass is 32.2. The van der Waals surface area contributed by atoms with E-state index in [9.17, 15) is 21.6 Å². The van der Waals surface area contributed by atoms with E-state index in [1.54, 1.807) is 0 Å². The largest absolute Gasteiger partial charge is 0.534 e. The van der Waals surface area contributed by atoms with E-state index >= 15 is 0 Å². The van der Waals surface area contributed by atoms with Crippen LogP contribution in [0.15, 0.2) is 0 Å². The van der Waals surface area contributed by atoms with Crippen molar-refractivity contribution in [1.82, 2.24) is 0 Å². The van der Waals surface area contributed by atoms with Crippen LogP contribution < -0.4 is 5.73 Å². The van der Waals surface area contributed by atoms with Crippen molar-refractivity contribution in [3.8, 4) is 0 Å². The van der Waals surface area contributed by atoms with Crippen LogP contribution in [0.3, 0.4) is 0 Å². The summed E-state index contributed by atoms with van der Waals surface area (Å²) in [5.74, 6) is 0. The Morgan fingerprint density at radius 3 is 1.91 bits per heavy atom. The van der Waals surface area contributed by atoms with E-state index in [-0.39, 0.29) is 0 Å². The molecule has 0 spiro atoms. The highest BCUT2D eigenvalue weighted by Gasteiger charge is 2.48. The first-order chi connectivity index (χ1) is 4.67. The second-order valence-electron chi connectivity index (χ2n) is 1.35. The Morgan fingerprint density at radius 1 is 1.45 bits per heavy atom. The number of hydrogen-bond donors (Lipinski definition) is 2. The van der Waals surface area contributed by atoms with Gasteiger partial charge in [-0.25, -0.2) is 0 Å². The summed E-state index contributed by atoms with van der Waals surface area (Å²) in [7, 11) is -5.75. The summed E-state index contributed by atoms with van der Waals surface area (Å²) in [5.41, 5.74) is -1.29. The van der Waals surface area contributed by atoms with Gasteiger partial charge < -0.3 is 9.92 Å². The molecule has 3 N–H and O–H groups in total. The molecule has 0 saturated heterocycles. The molecular formula is C2H3F3N2O3S. The van der Waals surface area contributed by atoms with Crippen LogP contribution in [0.25, 0.3) is 0 Å². The predicted molar refractivity (Wildman–Crippen MR) is 28.0 cm³/mol. The fourth-order valence-corrected chi connectivity index (χ4v) is 0.496. The van der Waals surface area contributed by atoms with E-state index in [1.807, 2.05) is 0 Å². The summed E-state index contributed by atoms with van der Waals surface area (Å²) in [6.45, 7) is 0. The van der Waals surface area contributed by atoms with E-state index in [2.05, 4.69) is 9.92 Å². The Bertz CT molecular complexity index is 254. The number of hydrogen-bond acceptors (Lipinski definition) is 4. The number of nitrogens with one attached hydrogen (secondary N) is 1. The second-order valence-corrected chi connectivity index (χ2v) is 2.89. The van der Waals surface area contributed by atoms with Crippen molar-refractivity contribution in [2.45, 2.75) is 5.51 Å². The van der Waals surface area contributed by atoms with Gasteiger partial charge in [0.05, 0.1) is 0 Å². The van der Waals surface area contributed by atoms with Gasteiger partial charge in [0.15, 0.2) is 0 Å². The van der Waals surface area contributed by atoms with Crippen LogP contribution in [-0.4, -0.2) is 19.9 Å². The molecule has 0 fully saturated rings. The van der Waals surface area contributed by atoms with E-state index < -0.39 is 21.6 Å². The monoisotopic (exact) mass is 192 g/mol. The molecule has 0 heterocycles. The summed E-state index contributed by atoms with van der Waals surface area (Å²) in [4.78, 5) is 0. The molecule has 9 heteroatoms. The third kappa shape index (κ3) is 2.62. The summed E-state index contributed by atoms with van der Waals surface area (Å²) >= 11 is 0. The molecule has 0 aliphatic rings. The van der Waals surface area contributed by atoms with Crippen molar-refractivity contribution in [3.63, 3.8) is 0 Å². The Hall–Kier alpha value is -0.990. The summed E-state index contributed by atoms with van der Waals surface area (Å²) < 4.78 is 56.8. The normalized spacial score (nSPS) is 12.6. The maximum Gasteiger partial charge on any atom is 0.534 e. The molecule has 0 aliphatic heterocycles. The maximum absolute atomic E-state index is 11.3. The second kappa shape index (κ2) is 2.57. The maximum atomic E-state index is 11.3. The lowest BCUT2D eigenvalue weighted by atomic mass is 11.3. The van der Waals surface area contributed by atoms with Crippen LogP contribution in [0.2, 0.25) is 0 Å². The Balaban J connectivity index is 4.64. The highest BCUT2D eigenvalue weighted by molar-refractivity contribution is 7.88. The number of alkyl halides is 3. The number of amidine groups is 1. The highest BCUT2D eigenvalue weighted by Crippen LogP contribution is 2.23. The molecule has 0 saturated carbocycles. The van der Waals surface area contributed by atoms with Crippen molar-refractivity contribution < 1.29 is 25.8 Å². The minimum Gasteiger partial charge on any atom is -0.353 e.